The molecule has 1 aromatic rings. The van der Waals surface area contributed by atoms with E-state index >= 15 is 0 Å². The molecule has 0 N–H and O–H groups in total. The van der Waals surface area contributed by atoms with Gasteiger partial charge in [-0.05, 0) is 12.8 Å². The van der Waals surface area contributed by atoms with Crippen molar-refractivity contribution in [1.82, 2.24) is 14.5 Å². The Hall–Kier alpha value is -1.40. The first-order valence-electron chi connectivity index (χ1n) is 6.56. The molecule has 0 spiro atoms. The van der Waals surface area contributed by atoms with Crippen LogP contribution in [-0.2, 0) is 27.9 Å². The van der Waals surface area contributed by atoms with Gasteiger partial charge in [0.05, 0.1) is 19.3 Å². The molecule has 1 fully saturated rings. The molecule has 2 rings (SSSR count). The van der Waals surface area contributed by atoms with Gasteiger partial charge in [-0.1, -0.05) is 0 Å². The van der Waals surface area contributed by atoms with Crippen LogP contribution < -0.4 is 0 Å². The maximum absolute atomic E-state index is 11.9. The highest BCUT2D eigenvalue weighted by atomic mass is 16.5. The summed E-state index contributed by atoms with van der Waals surface area (Å²) in [6.45, 7) is 1.90. The minimum atomic E-state index is -0.0407. The number of hydrogen-bond acceptors (Lipinski definition) is 4. The second kappa shape index (κ2) is 6.68. The molecule has 1 saturated heterocycles. The minimum absolute atomic E-state index is 0.0407. The fraction of sp³-hybridized carbons (Fsp3) is 0.692. The van der Waals surface area contributed by atoms with Gasteiger partial charge in [-0.25, -0.2) is 4.98 Å². The summed E-state index contributed by atoms with van der Waals surface area (Å²) in [6.07, 6.45) is 5.86. The van der Waals surface area contributed by atoms with Crippen molar-refractivity contribution in [1.29, 1.82) is 0 Å². The lowest BCUT2D eigenvalue weighted by Gasteiger charge is -2.17. The predicted octanol–water partition coefficient (Wildman–Crippen LogP) is 0.574. The van der Waals surface area contributed by atoms with Crippen LogP contribution in [0.15, 0.2) is 12.4 Å². The largest absolute Gasteiger partial charge is 0.376 e. The van der Waals surface area contributed by atoms with Crippen molar-refractivity contribution >= 4 is 5.91 Å². The molecular weight excluding hydrogens is 246 g/mol. The molecule has 0 radical (unpaired) electrons. The summed E-state index contributed by atoms with van der Waals surface area (Å²) in [6, 6.07) is 0. The van der Waals surface area contributed by atoms with Crippen LogP contribution in [0.25, 0.3) is 0 Å². The number of hydrogen-bond donors (Lipinski definition) is 0. The number of carbonyl (C=O) groups is 1. The summed E-state index contributed by atoms with van der Waals surface area (Å²) >= 11 is 0. The number of nitrogens with zero attached hydrogens (tertiary/aromatic N) is 3. The molecule has 1 aliphatic heterocycles. The molecule has 0 unspecified atom stereocenters. The number of rotatable bonds is 6. The third kappa shape index (κ3) is 4.04. The summed E-state index contributed by atoms with van der Waals surface area (Å²) < 4.78 is 12.7. The SMILES string of the molecule is CN(Cc1nccn1C)C(=O)COC[C@@H]1CCCO1. The van der Waals surface area contributed by atoms with Crippen molar-refractivity contribution in [2.45, 2.75) is 25.5 Å². The molecule has 6 heteroatoms. The minimum Gasteiger partial charge on any atom is -0.376 e. The highest BCUT2D eigenvalue weighted by Gasteiger charge is 2.17. The van der Waals surface area contributed by atoms with E-state index < -0.39 is 0 Å². The lowest BCUT2D eigenvalue weighted by atomic mass is 10.2. The maximum Gasteiger partial charge on any atom is 0.248 e. The number of amides is 1. The van der Waals surface area contributed by atoms with Gasteiger partial charge in [-0.3, -0.25) is 4.79 Å². The lowest BCUT2D eigenvalue weighted by Crippen LogP contribution is -2.31. The van der Waals surface area contributed by atoms with Gasteiger partial charge in [0.2, 0.25) is 5.91 Å². The van der Waals surface area contributed by atoms with Crippen LogP contribution in [0.4, 0.5) is 0 Å². The lowest BCUT2D eigenvalue weighted by molar-refractivity contribution is -0.136. The topological polar surface area (TPSA) is 56.6 Å². The van der Waals surface area contributed by atoms with Crippen molar-refractivity contribution in [2.24, 2.45) is 7.05 Å². The summed E-state index contributed by atoms with van der Waals surface area (Å²) in [5, 5.41) is 0. The average Bonchev–Trinajstić information content (AvgIpc) is 3.02. The Morgan fingerprint density at radius 1 is 1.68 bits per heavy atom. The Balaban J connectivity index is 1.68. The van der Waals surface area contributed by atoms with Gasteiger partial charge in [-0.15, -0.1) is 0 Å². The Morgan fingerprint density at radius 3 is 3.16 bits per heavy atom. The van der Waals surface area contributed by atoms with E-state index in [-0.39, 0.29) is 18.6 Å². The first-order chi connectivity index (χ1) is 9.16. The Bertz CT molecular complexity index is 413. The van der Waals surface area contributed by atoms with Crippen molar-refractivity contribution < 1.29 is 14.3 Å². The smallest absolute Gasteiger partial charge is 0.248 e. The van der Waals surface area contributed by atoms with Crippen molar-refractivity contribution in [3.05, 3.63) is 18.2 Å². The van der Waals surface area contributed by atoms with E-state index in [0.717, 1.165) is 25.3 Å². The van der Waals surface area contributed by atoms with E-state index in [1.165, 1.54) is 0 Å². The van der Waals surface area contributed by atoms with Crippen molar-refractivity contribution in [3.63, 3.8) is 0 Å². The van der Waals surface area contributed by atoms with Crippen molar-refractivity contribution in [3.8, 4) is 0 Å². The van der Waals surface area contributed by atoms with Gasteiger partial charge in [-0.2, -0.15) is 0 Å². The molecule has 6 nitrogen and oxygen atoms in total. The molecule has 1 atom stereocenters. The van der Waals surface area contributed by atoms with Crippen LogP contribution >= 0.6 is 0 Å². The number of likely N-dealkylation sites (N-methyl/N-ethyl adjacent to an activating group) is 1. The van der Waals surface area contributed by atoms with E-state index in [1.54, 1.807) is 18.1 Å². The zero-order chi connectivity index (χ0) is 13.7. The first-order valence-corrected chi connectivity index (χ1v) is 6.56. The van der Waals surface area contributed by atoms with Gasteiger partial charge in [0, 0.05) is 33.1 Å². The monoisotopic (exact) mass is 267 g/mol. The van der Waals surface area contributed by atoms with Gasteiger partial charge in [0.1, 0.15) is 12.4 Å². The second-order valence-electron chi connectivity index (χ2n) is 4.85. The van der Waals surface area contributed by atoms with Crippen molar-refractivity contribution in [2.75, 3.05) is 26.9 Å². The molecule has 19 heavy (non-hydrogen) atoms. The predicted molar refractivity (Wildman–Crippen MR) is 69.5 cm³/mol. The van der Waals surface area contributed by atoms with Gasteiger partial charge < -0.3 is 18.9 Å². The fourth-order valence-electron chi connectivity index (χ4n) is 2.01. The average molecular weight is 267 g/mol. The molecule has 0 bridgehead atoms. The summed E-state index contributed by atoms with van der Waals surface area (Å²) in [7, 11) is 3.67. The Morgan fingerprint density at radius 2 is 2.53 bits per heavy atom. The molecule has 1 aliphatic rings. The number of ether oxygens (including phenoxy) is 2. The molecular formula is C13H21N3O3. The molecule has 0 aromatic carbocycles. The van der Waals surface area contributed by atoms with E-state index in [1.807, 2.05) is 17.8 Å². The maximum atomic E-state index is 11.9. The highest BCUT2D eigenvalue weighted by Crippen LogP contribution is 2.11. The van der Waals surface area contributed by atoms with E-state index in [4.69, 9.17) is 9.47 Å². The Kier molecular flexibility index (Phi) is 4.93. The molecule has 106 valence electrons. The summed E-state index contributed by atoms with van der Waals surface area (Å²) in [5.74, 6) is 0.816. The highest BCUT2D eigenvalue weighted by molar-refractivity contribution is 5.77. The summed E-state index contributed by atoms with van der Waals surface area (Å²) in [4.78, 5) is 17.7. The van der Waals surface area contributed by atoms with Gasteiger partial charge in [0.15, 0.2) is 0 Å². The zero-order valence-corrected chi connectivity index (χ0v) is 11.5. The fourth-order valence-corrected chi connectivity index (χ4v) is 2.01. The third-order valence-electron chi connectivity index (χ3n) is 3.28. The number of carbonyl (C=O) groups excluding carboxylic acids is 1. The van der Waals surface area contributed by atoms with Crippen LogP contribution in [0.5, 0.6) is 0 Å². The molecule has 1 aromatic heterocycles. The molecule has 0 saturated carbocycles. The van der Waals surface area contributed by atoms with E-state index in [9.17, 15) is 4.79 Å². The standard InChI is InChI=1S/C13H21N3O3/c1-15-6-5-14-12(15)8-16(2)13(17)10-18-9-11-4-3-7-19-11/h5-6,11H,3-4,7-10H2,1-2H3/t11-/m0/s1. The summed E-state index contributed by atoms with van der Waals surface area (Å²) in [5.41, 5.74) is 0. The number of aromatic nitrogens is 2. The van der Waals surface area contributed by atoms with Crippen LogP contribution in [0.3, 0.4) is 0 Å². The number of aryl methyl sites for hydroxylation is 1. The van der Waals surface area contributed by atoms with E-state index in [0.29, 0.717) is 13.2 Å². The second-order valence-corrected chi connectivity index (χ2v) is 4.85. The van der Waals surface area contributed by atoms with Crippen LogP contribution in [0.2, 0.25) is 0 Å². The third-order valence-corrected chi connectivity index (χ3v) is 3.28. The zero-order valence-electron chi connectivity index (χ0n) is 11.5. The quantitative estimate of drug-likeness (QED) is 0.756. The van der Waals surface area contributed by atoms with Gasteiger partial charge >= 0.3 is 0 Å². The Labute approximate surface area is 113 Å². The van der Waals surface area contributed by atoms with Crippen LogP contribution in [0, 0.1) is 0 Å². The molecule has 0 aliphatic carbocycles. The van der Waals surface area contributed by atoms with Crippen LogP contribution in [0.1, 0.15) is 18.7 Å². The molecule has 1 amide bonds. The number of imidazole rings is 1. The van der Waals surface area contributed by atoms with Gasteiger partial charge in [0.25, 0.3) is 0 Å². The van der Waals surface area contributed by atoms with Crippen LogP contribution in [-0.4, -0.2) is 53.3 Å². The van der Waals surface area contributed by atoms with E-state index in [2.05, 4.69) is 4.98 Å². The first kappa shape index (κ1) is 14.0. The normalized spacial score (nSPS) is 18.7. The molecule has 2 heterocycles.